The first-order chi connectivity index (χ1) is 20.0. The highest BCUT2D eigenvalue weighted by atomic mass is 19.2. The van der Waals surface area contributed by atoms with Crippen LogP contribution in [0.4, 0.5) is 13.2 Å². The average Bonchev–Trinajstić information content (AvgIpc) is 3.01. The van der Waals surface area contributed by atoms with Gasteiger partial charge in [0.2, 0.25) is 5.82 Å². The first kappa shape index (κ1) is 29.2. The highest BCUT2D eigenvalue weighted by molar-refractivity contribution is 5.71. The van der Waals surface area contributed by atoms with Gasteiger partial charge >= 0.3 is 0 Å². The van der Waals surface area contributed by atoms with Crippen molar-refractivity contribution in [3.8, 4) is 28.0 Å². The smallest absolute Gasteiger partial charge is 0.201 e. The summed E-state index contributed by atoms with van der Waals surface area (Å²) in [4.78, 5) is 0. The zero-order valence-electron chi connectivity index (χ0n) is 24.1. The minimum absolute atomic E-state index is 0.116. The Morgan fingerprint density at radius 3 is 1.95 bits per heavy atom. The molecule has 2 aliphatic rings. The lowest BCUT2D eigenvalue weighted by molar-refractivity contribution is 0.171. The number of hydrogen-bond donors (Lipinski definition) is 0. The van der Waals surface area contributed by atoms with E-state index in [2.05, 4.69) is 18.7 Å². The lowest BCUT2D eigenvalue weighted by Crippen LogP contribution is -2.25. The molecule has 0 unspecified atom stereocenters. The van der Waals surface area contributed by atoms with Crippen molar-refractivity contribution in [1.82, 2.24) is 0 Å². The van der Waals surface area contributed by atoms with Gasteiger partial charge in [-0.2, -0.15) is 4.39 Å². The summed E-state index contributed by atoms with van der Waals surface area (Å²) in [6.07, 6.45) is 16.6. The molecular formula is C37H41F3O. The van der Waals surface area contributed by atoms with E-state index >= 15 is 4.39 Å². The van der Waals surface area contributed by atoms with Crippen molar-refractivity contribution < 1.29 is 17.9 Å². The van der Waals surface area contributed by atoms with Crippen molar-refractivity contribution in [1.29, 1.82) is 0 Å². The van der Waals surface area contributed by atoms with Gasteiger partial charge < -0.3 is 4.74 Å². The Bertz CT molecular complexity index is 1340. The van der Waals surface area contributed by atoms with Crippen LogP contribution in [-0.2, 0) is 0 Å². The Hall–Kier alpha value is -3.27. The van der Waals surface area contributed by atoms with Gasteiger partial charge in [0.15, 0.2) is 11.6 Å². The van der Waals surface area contributed by atoms with Crippen LogP contribution in [-0.4, -0.2) is 6.61 Å². The van der Waals surface area contributed by atoms with Crippen LogP contribution in [0, 0.1) is 35.2 Å². The van der Waals surface area contributed by atoms with Gasteiger partial charge in [0.1, 0.15) is 12.4 Å². The second-order valence-corrected chi connectivity index (χ2v) is 11.8. The quantitative estimate of drug-likeness (QED) is 0.237. The molecule has 2 saturated carbocycles. The van der Waals surface area contributed by atoms with Crippen LogP contribution in [0.15, 0.2) is 79.4 Å². The fourth-order valence-electron chi connectivity index (χ4n) is 6.86. The molecule has 0 heterocycles. The Balaban J connectivity index is 1.22. The van der Waals surface area contributed by atoms with E-state index in [4.69, 9.17) is 4.74 Å². The molecule has 0 radical (unpaired) electrons. The fraction of sp³-hybridized carbons (Fsp3) is 0.405. The third-order valence-electron chi connectivity index (χ3n) is 9.34. The topological polar surface area (TPSA) is 9.23 Å². The lowest BCUT2D eigenvalue weighted by atomic mass is 9.68. The van der Waals surface area contributed by atoms with Crippen molar-refractivity contribution in [2.24, 2.45) is 17.8 Å². The zero-order chi connectivity index (χ0) is 28.8. The second-order valence-electron chi connectivity index (χ2n) is 11.8. The molecule has 2 fully saturated rings. The Morgan fingerprint density at radius 2 is 1.34 bits per heavy atom. The molecule has 0 bridgehead atoms. The molecule has 0 aliphatic heterocycles. The predicted molar refractivity (Wildman–Crippen MR) is 162 cm³/mol. The molecule has 0 N–H and O–H groups in total. The minimum atomic E-state index is -1.01. The third-order valence-corrected chi connectivity index (χ3v) is 9.34. The summed E-state index contributed by atoms with van der Waals surface area (Å²) in [6, 6.07) is 15.5. The van der Waals surface area contributed by atoms with E-state index in [9.17, 15) is 8.78 Å². The lowest BCUT2D eigenvalue weighted by Gasteiger charge is -2.37. The number of halogens is 3. The average molecular weight is 559 g/mol. The highest BCUT2D eigenvalue weighted by Crippen LogP contribution is 2.44. The van der Waals surface area contributed by atoms with E-state index in [1.54, 1.807) is 36.4 Å². The summed E-state index contributed by atoms with van der Waals surface area (Å²) in [7, 11) is 0. The van der Waals surface area contributed by atoms with E-state index in [1.165, 1.54) is 50.7 Å². The van der Waals surface area contributed by atoms with Gasteiger partial charge in [-0.15, -0.1) is 6.58 Å². The SMILES string of the molecule is C=CC1CCC(C2CCC(c3ccc(-c4ccc(-c5ccc(OC/C=C/CC)c(F)c5F)cc4)c(F)c3)CC2)CC1. The molecule has 0 atom stereocenters. The minimum Gasteiger partial charge on any atom is -0.486 e. The molecule has 1 nitrogen and oxygen atoms in total. The maximum absolute atomic E-state index is 15.3. The Kier molecular flexibility index (Phi) is 9.69. The van der Waals surface area contributed by atoms with Crippen LogP contribution in [0.5, 0.6) is 5.75 Å². The van der Waals surface area contributed by atoms with Crippen molar-refractivity contribution in [2.45, 2.75) is 70.6 Å². The first-order valence-electron chi connectivity index (χ1n) is 15.3. The van der Waals surface area contributed by atoms with Crippen LogP contribution in [0.25, 0.3) is 22.3 Å². The second kappa shape index (κ2) is 13.6. The van der Waals surface area contributed by atoms with E-state index in [0.29, 0.717) is 28.5 Å². The van der Waals surface area contributed by atoms with Gasteiger partial charge in [-0.3, -0.25) is 0 Å². The standard InChI is InChI=1S/C37H41F3O/c1-3-5-6-23-41-35-22-21-33(36(39)37(35)40)30-17-15-29(16-18-30)32-20-19-31(24-34(32)38)28-13-11-27(12-14-28)26-9-7-25(4-2)8-10-26/h4-6,15-22,24-28H,2-3,7-14,23H2,1H3/b6-5+. The molecular weight excluding hydrogens is 517 g/mol. The summed E-state index contributed by atoms with van der Waals surface area (Å²) >= 11 is 0. The molecule has 0 spiro atoms. The normalized spacial score (nSPS) is 23.0. The summed E-state index contributed by atoms with van der Waals surface area (Å²) in [5.41, 5.74) is 2.98. The largest absolute Gasteiger partial charge is 0.486 e. The van der Waals surface area contributed by atoms with Crippen molar-refractivity contribution >= 4 is 0 Å². The molecule has 41 heavy (non-hydrogen) atoms. The van der Waals surface area contributed by atoms with Crippen molar-refractivity contribution in [3.63, 3.8) is 0 Å². The van der Waals surface area contributed by atoms with E-state index < -0.39 is 11.6 Å². The first-order valence-corrected chi connectivity index (χ1v) is 15.3. The van der Waals surface area contributed by atoms with Gasteiger partial charge in [-0.05, 0) is 116 Å². The van der Waals surface area contributed by atoms with Crippen LogP contribution < -0.4 is 4.74 Å². The van der Waals surface area contributed by atoms with E-state index in [-0.39, 0.29) is 23.7 Å². The molecule has 0 amide bonds. The van der Waals surface area contributed by atoms with Crippen LogP contribution >= 0.6 is 0 Å². The Morgan fingerprint density at radius 1 is 0.732 bits per heavy atom. The maximum atomic E-state index is 15.3. The van der Waals surface area contributed by atoms with E-state index in [0.717, 1.165) is 36.7 Å². The van der Waals surface area contributed by atoms with Crippen LogP contribution in [0.2, 0.25) is 0 Å². The maximum Gasteiger partial charge on any atom is 0.201 e. The van der Waals surface area contributed by atoms with Crippen molar-refractivity contribution in [3.05, 3.63) is 102 Å². The number of hydrogen-bond acceptors (Lipinski definition) is 1. The molecule has 2 aliphatic carbocycles. The van der Waals surface area contributed by atoms with E-state index in [1.807, 2.05) is 19.1 Å². The third kappa shape index (κ3) is 6.80. The molecule has 3 aromatic rings. The summed E-state index contributed by atoms with van der Waals surface area (Å²) < 4.78 is 50.1. The molecule has 4 heteroatoms. The van der Waals surface area contributed by atoms with Crippen LogP contribution in [0.1, 0.15) is 76.2 Å². The molecule has 0 saturated heterocycles. The highest BCUT2D eigenvalue weighted by Gasteiger charge is 2.31. The summed E-state index contributed by atoms with van der Waals surface area (Å²) in [5, 5.41) is 0. The van der Waals surface area contributed by atoms with Gasteiger partial charge in [0, 0.05) is 11.1 Å². The molecule has 5 rings (SSSR count). The number of allylic oxidation sites excluding steroid dienone is 2. The van der Waals surface area contributed by atoms with Gasteiger partial charge in [0.05, 0.1) is 0 Å². The summed E-state index contributed by atoms with van der Waals surface area (Å²) in [6.45, 7) is 6.14. The molecule has 3 aromatic carbocycles. The number of ether oxygens (including phenoxy) is 1. The Labute approximate surface area is 243 Å². The number of rotatable bonds is 9. The number of benzene rings is 3. The fourth-order valence-corrected chi connectivity index (χ4v) is 6.86. The van der Waals surface area contributed by atoms with Crippen LogP contribution in [0.3, 0.4) is 0 Å². The molecule has 216 valence electrons. The monoisotopic (exact) mass is 558 g/mol. The van der Waals surface area contributed by atoms with Gasteiger partial charge in [-0.25, -0.2) is 8.78 Å². The van der Waals surface area contributed by atoms with Gasteiger partial charge in [-0.1, -0.05) is 61.5 Å². The summed E-state index contributed by atoms with van der Waals surface area (Å²) in [5.74, 6) is 0.453. The zero-order valence-corrected chi connectivity index (χ0v) is 24.1. The molecule has 0 aromatic heterocycles. The van der Waals surface area contributed by atoms with Crippen molar-refractivity contribution in [2.75, 3.05) is 6.61 Å². The van der Waals surface area contributed by atoms with Gasteiger partial charge in [0.25, 0.3) is 0 Å². The predicted octanol–water partition coefficient (Wildman–Crippen LogP) is 11.0.